The number of carbonyl (C=O) groups excluding carboxylic acids is 2. The SMILES string of the molecule is Cc1ccc(NC(=O)[C@H](C)SCC(=O)Nc2ccc(Cl)cc2)c(C)c1. The zero-order chi connectivity index (χ0) is 18.4. The van der Waals surface area contributed by atoms with Crippen LogP contribution in [0.2, 0.25) is 5.02 Å². The van der Waals surface area contributed by atoms with Crippen molar-refractivity contribution in [2.24, 2.45) is 0 Å². The van der Waals surface area contributed by atoms with E-state index in [1.165, 1.54) is 11.8 Å². The van der Waals surface area contributed by atoms with E-state index in [1.807, 2.05) is 32.0 Å². The highest BCUT2D eigenvalue weighted by atomic mass is 35.5. The van der Waals surface area contributed by atoms with Crippen molar-refractivity contribution in [3.8, 4) is 0 Å². The Morgan fingerprint density at radius 2 is 1.76 bits per heavy atom. The lowest BCUT2D eigenvalue weighted by molar-refractivity contribution is -0.115. The van der Waals surface area contributed by atoms with Gasteiger partial charge in [-0.2, -0.15) is 0 Å². The van der Waals surface area contributed by atoms with Crippen LogP contribution in [0, 0.1) is 13.8 Å². The fourth-order valence-electron chi connectivity index (χ4n) is 2.19. The molecule has 2 rings (SSSR count). The molecule has 0 spiro atoms. The van der Waals surface area contributed by atoms with E-state index in [0.29, 0.717) is 10.7 Å². The average molecular weight is 377 g/mol. The Labute approximate surface area is 157 Å². The van der Waals surface area contributed by atoms with Crippen molar-refractivity contribution in [1.29, 1.82) is 0 Å². The van der Waals surface area contributed by atoms with Gasteiger partial charge >= 0.3 is 0 Å². The molecule has 0 aliphatic heterocycles. The molecule has 0 saturated heterocycles. The van der Waals surface area contributed by atoms with Gasteiger partial charge in [0, 0.05) is 16.4 Å². The minimum atomic E-state index is -0.336. The van der Waals surface area contributed by atoms with Gasteiger partial charge in [0.15, 0.2) is 0 Å². The van der Waals surface area contributed by atoms with Crippen molar-refractivity contribution < 1.29 is 9.59 Å². The normalized spacial score (nSPS) is 11.7. The number of aryl methyl sites for hydroxylation is 2. The highest BCUT2D eigenvalue weighted by Crippen LogP contribution is 2.19. The zero-order valence-electron chi connectivity index (χ0n) is 14.4. The van der Waals surface area contributed by atoms with Crippen molar-refractivity contribution in [1.82, 2.24) is 0 Å². The molecule has 0 aromatic heterocycles. The van der Waals surface area contributed by atoms with Crippen LogP contribution in [0.25, 0.3) is 0 Å². The predicted molar refractivity (Wildman–Crippen MR) is 107 cm³/mol. The maximum absolute atomic E-state index is 12.3. The van der Waals surface area contributed by atoms with Gasteiger partial charge in [0.05, 0.1) is 11.0 Å². The molecule has 0 saturated carbocycles. The highest BCUT2D eigenvalue weighted by Gasteiger charge is 2.16. The Kier molecular flexibility index (Phi) is 6.91. The number of anilines is 2. The molecule has 2 aromatic carbocycles. The lowest BCUT2D eigenvalue weighted by atomic mass is 10.1. The van der Waals surface area contributed by atoms with Crippen molar-refractivity contribution in [2.75, 3.05) is 16.4 Å². The number of carbonyl (C=O) groups is 2. The first-order chi connectivity index (χ1) is 11.8. The van der Waals surface area contributed by atoms with Crippen molar-refractivity contribution in [3.05, 3.63) is 58.6 Å². The maximum atomic E-state index is 12.3. The Balaban J connectivity index is 1.82. The van der Waals surface area contributed by atoms with Crippen LogP contribution in [-0.4, -0.2) is 22.8 Å². The van der Waals surface area contributed by atoms with E-state index in [-0.39, 0.29) is 22.8 Å². The molecule has 0 bridgehead atoms. The number of hydrogen-bond donors (Lipinski definition) is 2. The van der Waals surface area contributed by atoms with Crippen molar-refractivity contribution in [3.63, 3.8) is 0 Å². The summed E-state index contributed by atoms with van der Waals surface area (Å²) in [4.78, 5) is 24.3. The van der Waals surface area contributed by atoms with Crippen molar-refractivity contribution in [2.45, 2.75) is 26.0 Å². The second kappa shape index (κ2) is 8.92. The van der Waals surface area contributed by atoms with E-state index >= 15 is 0 Å². The van der Waals surface area contributed by atoms with Crippen LogP contribution in [0.3, 0.4) is 0 Å². The van der Waals surface area contributed by atoms with Gasteiger partial charge in [-0.15, -0.1) is 11.8 Å². The Morgan fingerprint density at radius 1 is 1.08 bits per heavy atom. The van der Waals surface area contributed by atoms with Crippen molar-refractivity contribution >= 4 is 46.6 Å². The van der Waals surface area contributed by atoms with Crippen LogP contribution in [0.4, 0.5) is 11.4 Å². The summed E-state index contributed by atoms with van der Waals surface area (Å²) in [5.74, 6) is -0.0703. The second-order valence-electron chi connectivity index (χ2n) is 5.82. The molecule has 1 atom stereocenters. The summed E-state index contributed by atoms with van der Waals surface area (Å²) in [6.07, 6.45) is 0. The number of amides is 2. The van der Waals surface area contributed by atoms with Gasteiger partial charge in [0.25, 0.3) is 0 Å². The Hall–Kier alpha value is -1.98. The summed E-state index contributed by atoms with van der Waals surface area (Å²) in [6, 6.07) is 12.8. The first-order valence-electron chi connectivity index (χ1n) is 7.90. The molecule has 0 aliphatic carbocycles. The number of benzene rings is 2. The third-order valence-corrected chi connectivity index (χ3v) is 5.00. The first kappa shape index (κ1) is 19.3. The lowest BCUT2D eigenvalue weighted by Crippen LogP contribution is -2.25. The van der Waals surface area contributed by atoms with Gasteiger partial charge in [0.2, 0.25) is 11.8 Å². The molecule has 25 heavy (non-hydrogen) atoms. The number of rotatable bonds is 6. The number of thioether (sulfide) groups is 1. The molecule has 132 valence electrons. The van der Waals surface area contributed by atoms with Gasteiger partial charge in [-0.3, -0.25) is 9.59 Å². The van der Waals surface area contributed by atoms with Crippen LogP contribution in [0.1, 0.15) is 18.1 Å². The summed E-state index contributed by atoms with van der Waals surface area (Å²) in [7, 11) is 0. The van der Waals surface area contributed by atoms with E-state index in [2.05, 4.69) is 10.6 Å². The first-order valence-corrected chi connectivity index (χ1v) is 9.33. The van der Waals surface area contributed by atoms with E-state index in [1.54, 1.807) is 31.2 Å². The topological polar surface area (TPSA) is 58.2 Å². The predicted octanol–water partition coefficient (Wildman–Crippen LogP) is 4.66. The summed E-state index contributed by atoms with van der Waals surface area (Å²) < 4.78 is 0. The summed E-state index contributed by atoms with van der Waals surface area (Å²) in [5, 5.41) is 5.97. The average Bonchev–Trinajstić information content (AvgIpc) is 2.57. The molecule has 4 nitrogen and oxygen atoms in total. The van der Waals surface area contributed by atoms with E-state index in [4.69, 9.17) is 11.6 Å². The standard InChI is InChI=1S/C19H21ClN2O2S/c1-12-4-9-17(13(2)10-12)22-19(24)14(3)25-11-18(23)21-16-7-5-15(20)6-8-16/h4-10,14H,11H2,1-3H3,(H,21,23)(H,22,24)/t14-/m0/s1. The molecule has 0 radical (unpaired) electrons. The quantitative estimate of drug-likeness (QED) is 0.771. The molecular formula is C19H21ClN2O2S. The van der Waals surface area contributed by atoms with E-state index in [9.17, 15) is 9.59 Å². The molecule has 6 heteroatoms. The van der Waals surface area contributed by atoms with Gasteiger partial charge in [-0.1, -0.05) is 29.3 Å². The smallest absolute Gasteiger partial charge is 0.237 e. The molecule has 2 N–H and O–H groups in total. The third-order valence-electron chi connectivity index (χ3n) is 3.60. The zero-order valence-corrected chi connectivity index (χ0v) is 16.0. The lowest BCUT2D eigenvalue weighted by Gasteiger charge is -2.14. The molecule has 0 aliphatic rings. The minimum Gasteiger partial charge on any atom is -0.325 e. The van der Waals surface area contributed by atoms with E-state index < -0.39 is 0 Å². The number of nitrogens with one attached hydrogen (secondary N) is 2. The highest BCUT2D eigenvalue weighted by molar-refractivity contribution is 8.01. The Bertz CT molecular complexity index is 763. The fourth-order valence-corrected chi connectivity index (χ4v) is 3.00. The number of halogens is 1. The molecule has 0 heterocycles. The van der Waals surface area contributed by atoms with Crippen LogP contribution >= 0.6 is 23.4 Å². The van der Waals surface area contributed by atoms with Gasteiger partial charge in [-0.05, 0) is 56.7 Å². The van der Waals surface area contributed by atoms with Crippen LogP contribution in [-0.2, 0) is 9.59 Å². The molecule has 2 aromatic rings. The second-order valence-corrected chi connectivity index (χ2v) is 7.58. The molecule has 0 unspecified atom stereocenters. The fraction of sp³-hybridized carbons (Fsp3) is 0.263. The number of hydrogen-bond acceptors (Lipinski definition) is 3. The third kappa shape index (κ3) is 6.11. The van der Waals surface area contributed by atoms with Crippen LogP contribution < -0.4 is 10.6 Å². The summed E-state index contributed by atoms with van der Waals surface area (Å²) in [6.45, 7) is 5.76. The van der Waals surface area contributed by atoms with Gasteiger partial charge in [-0.25, -0.2) is 0 Å². The van der Waals surface area contributed by atoms with E-state index in [0.717, 1.165) is 16.8 Å². The minimum absolute atomic E-state index is 0.115. The van der Waals surface area contributed by atoms with Crippen LogP contribution in [0.15, 0.2) is 42.5 Å². The summed E-state index contributed by atoms with van der Waals surface area (Å²) in [5.41, 5.74) is 3.65. The molecular weight excluding hydrogens is 356 g/mol. The molecule has 0 fully saturated rings. The monoisotopic (exact) mass is 376 g/mol. The van der Waals surface area contributed by atoms with Gasteiger partial charge in [0.1, 0.15) is 0 Å². The largest absolute Gasteiger partial charge is 0.325 e. The molecule has 2 amide bonds. The van der Waals surface area contributed by atoms with Crippen LogP contribution in [0.5, 0.6) is 0 Å². The summed E-state index contributed by atoms with van der Waals surface area (Å²) >= 11 is 7.10. The van der Waals surface area contributed by atoms with Gasteiger partial charge < -0.3 is 10.6 Å². The Morgan fingerprint density at radius 3 is 2.40 bits per heavy atom. The maximum Gasteiger partial charge on any atom is 0.237 e.